The van der Waals surface area contributed by atoms with Gasteiger partial charge in [-0.05, 0) is 17.7 Å². The number of rotatable bonds is 6. The lowest BCUT2D eigenvalue weighted by molar-refractivity contribution is -0.127. The van der Waals surface area contributed by atoms with E-state index in [0.29, 0.717) is 16.9 Å². The van der Waals surface area contributed by atoms with Crippen molar-refractivity contribution in [2.24, 2.45) is 5.41 Å². The van der Waals surface area contributed by atoms with Gasteiger partial charge in [-0.2, -0.15) is 10.5 Å². The molecule has 3 rings (SSSR count). The van der Waals surface area contributed by atoms with Crippen LogP contribution in [0.3, 0.4) is 0 Å². The van der Waals surface area contributed by atoms with Crippen molar-refractivity contribution in [2.75, 3.05) is 12.8 Å². The van der Waals surface area contributed by atoms with Gasteiger partial charge >= 0.3 is 0 Å². The summed E-state index contributed by atoms with van der Waals surface area (Å²) >= 11 is 1.11. The highest BCUT2D eigenvalue weighted by atomic mass is 32.2. The summed E-state index contributed by atoms with van der Waals surface area (Å²) in [5.74, 6) is 0.561. The Balaban J connectivity index is 2.20. The Hall–Kier alpha value is -3.82. The summed E-state index contributed by atoms with van der Waals surface area (Å²) < 4.78 is 6.87. The summed E-state index contributed by atoms with van der Waals surface area (Å²) in [6.45, 7) is 5.48. The number of ketones is 1. The number of nitriles is 2. The molecule has 162 valence electrons. The fourth-order valence-corrected chi connectivity index (χ4v) is 4.40. The highest BCUT2D eigenvalue weighted by Crippen LogP contribution is 2.42. The summed E-state index contributed by atoms with van der Waals surface area (Å²) in [4.78, 5) is 21.6. The van der Waals surface area contributed by atoms with Gasteiger partial charge in [0.1, 0.15) is 39.7 Å². The van der Waals surface area contributed by atoms with Crippen LogP contribution in [0.2, 0.25) is 0 Å². The molecule has 3 aromatic rings. The second-order valence-electron chi connectivity index (χ2n) is 7.97. The van der Waals surface area contributed by atoms with Crippen molar-refractivity contribution in [3.63, 3.8) is 0 Å². The number of Topliss-reactive ketones (excluding diaryl/α,β-unsaturated/α-hetero) is 1. The average molecular weight is 447 g/mol. The van der Waals surface area contributed by atoms with E-state index < -0.39 is 10.8 Å². The minimum absolute atomic E-state index is 0.00703. The summed E-state index contributed by atoms with van der Waals surface area (Å²) in [5.41, 5.74) is 6.76. The van der Waals surface area contributed by atoms with Crippen LogP contribution in [0.25, 0.3) is 11.1 Å². The highest BCUT2D eigenvalue weighted by Gasteiger charge is 2.33. The van der Waals surface area contributed by atoms with Gasteiger partial charge in [-0.1, -0.05) is 44.7 Å². The second-order valence-corrected chi connectivity index (χ2v) is 9.04. The lowest BCUT2D eigenvalue weighted by Gasteiger charge is -2.25. The van der Waals surface area contributed by atoms with E-state index in [9.17, 15) is 15.3 Å². The number of carbonyl (C=O) groups excluding carboxylic acids is 1. The quantitative estimate of drug-likeness (QED) is 0.558. The first-order valence-electron chi connectivity index (χ1n) is 9.67. The van der Waals surface area contributed by atoms with Crippen molar-refractivity contribution in [1.82, 2.24) is 14.5 Å². The van der Waals surface area contributed by atoms with Crippen molar-refractivity contribution in [3.8, 4) is 29.0 Å². The van der Waals surface area contributed by atoms with E-state index in [1.54, 1.807) is 54.7 Å². The van der Waals surface area contributed by atoms with Crippen LogP contribution in [0.5, 0.6) is 5.75 Å². The molecule has 2 heterocycles. The molecule has 1 aromatic carbocycles. The zero-order chi connectivity index (χ0) is 23.5. The summed E-state index contributed by atoms with van der Waals surface area (Å²) in [6.07, 6.45) is 4.81. The predicted molar refractivity (Wildman–Crippen MR) is 122 cm³/mol. The van der Waals surface area contributed by atoms with Gasteiger partial charge in [0.15, 0.2) is 5.78 Å². The van der Waals surface area contributed by atoms with E-state index in [0.717, 1.165) is 11.8 Å². The number of aromatic nitrogens is 3. The first-order chi connectivity index (χ1) is 15.2. The predicted octanol–water partition coefficient (Wildman–Crippen LogP) is 4.19. The third kappa shape index (κ3) is 4.43. The Morgan fingerprint density at radius 3 is 2.34 bits per heavy atom. The van der Waals surface area contributed by atoms with E-state index in [2.05, 4.69) is 22.1 Å². The maximum Gasteiger partial charge on any atom is 0.171 e. The molecule has 0 spiro atoms. The first kappa shape index (κ1) is 22.9. The lowest BCUT2D eigenvalue weighted by atomic mass is 9.90. The third-order valence-electron chi connectivity index (χ3n) is 4.78. The zero-order valence-corrected chi connectivity index (χ0v) is 19.0. The Morgan fingerprint density at radius 2 is 1.84 bits per heavy atom. The Bertz CT molecular complexity index is 1220. The number of anilines is 1. The molecule has 0 bridgehead atoms. The molecule has 1 atom stereocenters. The lowest BCUT2D eigenvalue weighted by Crippen LogP contribution is -2.28. The van der Waals surface area contributed by atoms with Crippen LogP contribution in [-0.2, 0) is 4.79 Å². The molecular weight excluding hydrogens is 424 g/mol. The van der Waals surface area contributed by atoms with Crippen molar-refractivity contribution >= 4 is 23.4 Å². The van der Waals surface area contributed by atoms with Crippen LogP contribution < -0.4 is 10.5 Å². The van der Waals surface area contributed by atoms with Crippen molar-refractivity contribution < 1.29 is 9.53 Å². The largest absolute Gasteiger partial charge is 0.497 e. The van der Waals surface area contributed by atoms with Crippen molar-refractivity contribution in [3.05, 3.63) is 54.1 Å². The highest BCUT2D eigenvalue weighted by molar-refractivity contribution is 8.00. The number of pyridine rings is 1. The number of nitrogens with zero attached hydrogens (tertiary/aromatic N) is 5. The molecule has 0 saturated heterocycles. The number of carbonyl (C=O) groups is 1. The van der Waals surface area contributed by atoms with Crippen LogP contribution >= 0.6 is 11.8 Å². The maximum atomic E-state index is 13.2. The fraction of sp³-hybridized carbons (Fsp3) is 0.261. The zero-order valence-electron chi connectivity index (χ0n) is 18.2. The molecule has 0 fully saturated rings. The Kier molecular flexibility index (Phi) is 6.52. The third-order valence-corrected chi connectivity index (χ3v) is 5.98. The standard InChI is InChI=1S/C23H22N6O2S/c1-23(2,3)19(30)22(29-10-9-27-13-29)32-21-17(12-25)18(16(11-24)20(26)28-21)14-5-7-15(31-4)8-6-14/h5-10,13,22H,1-4H3,(H2,26,28). The van der Waals surface area contributed by atoms with Gasteiger partial charge in [-0.15, -0.1) is 0 Å². The van der Waals surface area contributed by atoms with Gasteiger partial charge in [0, 0.05) is 23.4 Å². The molecule has 0 radical (unpaired) electrons. The molecule has 0 aliphatic carbocycles. The molecule has 1 unspecified atom stereocenters. The topological polar surface area (TPSA) is 131 Å². The fourth-order valence-electron chi connectivity index (χ4n) is 3.06. The van der Waals surface area contributed by atoms with Gasteiger partial charge < -0.3 is 15.0 Å². The molecule has 0 aliphatic heterocycles. The molecule has 2 N–H and O–H groups in total. The Labute approximate surface area is 190 Å². The van der Waals surface area contributed by atoms with Gasteiger partial charge in [0.2, 0.25) is 0 Å². The van der Waals surface area contributed by atoms with Gasteiger partial charge in [-0.3, -0.25) is 4.79 Å². The van der Waals surface area contributed by atoms with E-state index in [1.807, 2.05) is 20.8 Å². The van der Waals surface area contributed by atoms with E-state index in [4.69, 9.17) is 10.5 Å². The SMILES string of the molecule is COc1ccc(-c2c(C#N)c(N)nc(SC(C(=O)C(C)(C)C)n3ccnc3)c2C#N)cc1. The summed E-state index contributed by atoms with van der Waals surface area (Å²) in [6, 6.07) is 11.2. The van der Waals surface area contributed by atoms with Crippen LogP contribution in [0.1, 0.15) is 37.3 Å². The molecule has 0 aliphatic rings. The number of thioether (sulfide) groups is 1. The van der Waals surface area contributed by atoms with E-state index in [-0.39, 0.29) is 27.8 Å². The van der Waals surface area contributed by atoms with Gasteiger partial charge in [-0.25, -0.2) is 9.97 Å². The van der Waals surface area contributed by atoms with Crippen molar-refractivity contribution in [2.45, 2.75) is 31.2 Å². The number of methoxy groups -OCH3 is 1. The number of imidazole rings is 1. The van der Waals surface area contributed by atoms with Crippen LogP contribution in [0.15, 0.2) is 48.0 Å². The molecular formula is C23H22N6O2S. The van der Waals surface area contributed by atoms with Gasteiger partial charge in [0.05, 0.1) is 19.0 Å². The molecule has 32 heavy (non-hydrogen) atoms. The number of nitrogen functional groups attached to an aromatic ring is 1. The summed E-state index contributed by atoms with van der Waals surface area (Å²) in [5, 5.41) is 19.3. The second kappa shape index (κ2) is 9.13. The first-order valence-corrected chi connectivity index (χ1v) is 10.6. The maximum absolute atomic E-state index is 13.2. The van der Waals surface area contributed by atoms with E-state index in [1.165, 1.54) is 0 Å². The average Bonchev–Trinajstić information content (AvgIpc) is 3.30. The molecule has 8 nitrogen and oxygen atoms in total. The molecule has 9 heteroatoms. The minimum atomic E-state index is -0.715. The smallest absolute Gasteiger partial charge is 0.171 e. The Morgan fingerprint density at radius 1 is 1.19 bits per heavy atom. The number of nitrogens with two attached hydrogens (primary N) is 1. The molecule has 0 saturated carbocycles. The van der Waals surface area contributed by atoms with Gasteiger partial charge in [0.25, 0.3) is 0 Å². The summed E-state index contributed by atoms with van der Waals surface area (Å²) in [7, 11) is 1.55. The number of hydrogen-bond acceptors (Lipinski definition) is 8. The molecule has 0 amide bonds. The van der Waals surface area contributed by atoms with Crippen LogP contribution in [-0.4, -0.2) is 27.4 Å². The van der Waals surface area contributed by atoms with Crippen LogP contribution in [0.4, 0.5) is 5.82 Å². The van der Waals surface area contributed by atoms with E-state index >= 15 is 0 Å². The minimum Gasteiger partial charge on any atom is -0.497 e. The normalized spacial score (nSPS) is 11.9. The monoisotopic (exact) mass is 446 g/mol. The number of ether oxygens (including phenoxy) is 1. The van der Waals surface area contributed by atoms with Crippen LogP contribution in [0, 0.1) is 28.1 Å². The molecule has 2 aromatic heterocycles. The number of benzene rings is 1. The number of hydrogen-bond donors (Lipinski definition) is 1. The van der Waals surface area contributed by atoms with Crippen molar-refractivity contribution in [1.29, 1.82) is 10.5 Å².